The zero-order chi connectivity index (χ0) is 8.97. The lowest BCUT2D eigenvalue weighted by Gasteiger charge is -2.02. The molecule has 1 nitrogen and oxygen atoms in total. The van der Waals surface area contributed by atoms with Crippen LogP contribution < -0.4 is 0 Å². The maximum Gasteiger partial charge on any atom is 0.120 e. The second kappa shape index (κ2) is 4.48. The van der Waals surface area contributed by atoms with Gasteiger partial charge >= 0.3 is 0 Å². The maximum atomic E-state index is 10.1. The van der Waals surface area contributed by atoms with Crippen molar-refractivity contribution in [1.82, 2.24) is 0 Å². The number of hydrogen-bond acceptors (Lipinski definition) is 1. The van der Waals surface area contributed by atoms with Crippen LogP contribution in [-0.2, 0) is 11.2 Å². The van der Waals surface area contributed by atoms with Crippen LogP contribution in [0.1, 0.15) is 12.0 Å². The maximum absolute atomic E-state index is 10.1. The van der Waals surface area contributed by atoms with Gasteiger partial charge in [-0.25, -0.2) is 0 Å². The van der Waals surface area contributed by atoms with Crippen LogP contribution in [0, 0.1) is 0 Å². The summed E-state index contributed by atoms with van der Waals surface area (Å²) in [5, 5.41) is 1.10. The smallest absolute Gasteiger partial charge is 0.120 e. The molecule has 0 heterocycles. The minimum absolute atomic E-state index is 0.486. The summed E-state index contributed by atoms with van der Waals surface area (Å²) in [5.41, 5.74) is 0.927. The number of hydrogen-bond donors (Lipinski definition) is 0. The number of aryl methyl sites for hydroxylation is 1. The number of carbonyl (C=O) groups excluding carboxylic acids is 1. The fourth-order valence-corrected chi connectivity index (χ4v) is 1.37. The van der Waals surface area contributed by atoms with E-state index in [9.17, 15) is 4.79 Å². The standard InChI is InChI=1S/C9H8Cl2O/c10-8-5-1-3-7(9(8)11)4-2-6-12/h1,3,5-6H,2,4H2. The van der Waals surface area contributed by atoms with Gasteiger partial charge in [0.1, 0.15) is 6.29 Å². The molecule has 0 spiro atoms. The van der Waals surface area contributed by atoms with E-state index in [2.05, 4.69) is 0 Å². The molecule has 1 aromatic carbocycles. The minimum atomic E-state index is 0.486. The van der Waals surface area contributed by atoms with Gasteiger partial charge in [-0.15, -0.1) is 0 Å². The molecule has 0 amide bonds. The van der Waals surface area contributed by atoms with E-state index in [0.29, 0.717) is 22.9 Å². The van der Waals surface area contributed by atoms with Gasteiger partial charge in [0.15, 0.2) is 0 Å². The first kappa shape index (κ1) is 9.56. The number of carbonyl (C=O) groups is 1. The fraction of sp³-hybridized carbons (Fsp3) is 0.222. The Morgan fingerprint density at radius 2 is 2.08 bits per heavy atom. The van der Waals surface area contributed by atoms with E-state index in [-0.39, 0.29) is 0 Å². The molecule has 0 saturated heterocycles. The molecule has 64 valence electrons. The molecule has 0 aromatic heterocycles. The predicted octanol–water partition coefficient (Wildman–Crippen LogP) is 3.12. The normalized spacial score (nSPS) is 9.83. The van der Waals surface area contributed by atoms with Crippen molar-refractivity contribution < 1.29 is 4.79 Å². The zero-order valence-corrected chi connectivity index (χ0v) is 7.90. The Bertz CT molecular complexity index is 284. The molecule has 0 aliphatic carbocycles. The summed E-state index contributed by atoms with van der Waals surface area (Å²) in [7, 11) is 0. The quantitative estimate of drug-likeness (QED) is 0.689. The van der Waals surface area contributed by atoms with Crippen molar-refractivity contribution in [3.8, 4) is 0 Å². The lowest BCUT2D eigenvalue weighted by molar-refractivity contribution is -0.107. The minimum Gasteiger partial charge on any atom is -0.303 e. The third-order valence-electron chi connectivity index (χ3n) is 1.56. The SMILES string of the molecule is O=CCCc1cccc(Cl)c1Cl. The monoisotopic (exact) mass is 202 g/mol. The van der Waals surface area contributed by atoms with Crippen molar-refractivity contribution in [3.05, 3.63) is 33.8 Å². The number of rotatable bonds is 3. The summed E-state index contributed by atoms with van der Waals surface area (Å²) in [6.07, 6.45) is 2.01. The second-order valence-electron chi connectivity index (χ2n) is 2.42. The first-order valence-electron chi connectivity index (χ1n) is 3.62. The van der Waals surface area contributed by atoms with Crippen LogP contribution in [0.15, 0.2) is 18.2 Å². The molecule has 0 N–H and O–H groups in total. The van der Waals surface area contributed by atoms with E-state index < -0.39 is 0 Å². The molecule has 12 heavy (non-hydrogen) atoms. The van der Waals surface area contributed by atoms with E-state index in [4.69, 9.17) is 23.2 Å². The molecule has 0 fully saturated rings. The van der Waals surface area contributed by atoms with Gasteiger partial charge in [-0.05, 0) is 18.1 Å². The van der Waals surface area contributed by atoms with Crippen molar-refractivity contribution in [2.75, 3.05) is 0 Å². The highest BCUT2D eigenvalue weighted by Crippen LogP contribution is 2.25. The Morgan fingerprint density at radius 1 is 1.33 bits per heavy atom. The molecule has 1 aromatic rings. The van der Waals surface area contributed by atoms with Crippen LogP contribution in [0.3, 0.4) is 0 Å². The highest BCUT2D eigenvalue weighted by atomic mass is 35.5. The Balaban J connectivity index is 2.84. The highest BCUT2D eigenvalue weighted by molar-refractivity contribution is 6.42. The van der Waals surface area contributed by atoms with Gasteiger partial charge in [-0.1, -0.05) is 35.3 Å². The van der Waals surface area contributed by atoms with Crippen molar-refractivity contribution in [2.24, 2.45) is 0 Å². The molecular formula is C9H8Cl2O. The van der Waals surface area contributed by atoms with Crippen LogP contribution in [0.5, 0.6) is 0 Å². The molecule has 0 aliphatic heterocycles. The molecule has 0 aliphatic rings. The summed E-state index contributed by atoms with van der Waals surface area (Å²) < 4.78 is 0. The van der Waals surface area contributed by atoms with Gasteiger partial charge in [-0.3, -0.25) is 0 Å². The van der Waals surface area contributed by atoms with E-state index in [0.717, 1.165) is 11.8 Å². The van der Waals surface area contributed by atoms with Gasteiger partial charge in [0.25, 0.3) is 0 Å². The Labute approximate surface area is 81.3 Å². The molecule has 3 heteroatoms. The topological polar surface area (TPSA) is 17.1 Å². The third-order valence-corrected chi connectivity index (χ3v) is 2.42. The number of halogens is 2. The van der Waals surface area contributed by atoms with Crippen molar-refractivity contribution in [1.29, 1.82) is 0 Å². The van der Waals surface area contributed by atoms with Crippen LogP contribution >= 0.6 is 23.2 Å². The van der Waals surface area contributed by atoms with E-state index >= 15 is 0 Å². The molecule has 0 unspecified atom stereocenters. The largest absolute Gasteiger partial charge is 0.303 e. The summed E-state index contributed by atoms with van der Waals surface area (Å²) in [4.78, 5) is 10.1. The van der Waals surface area contributed by atoms with Crippen molar-refractivity contribution in [3.63, 3.8) is 0 Å². The predicted molar refractivity (Wildman–Crippen MR) is 50.8 cm³/mol. The van der Waals surface area contributed by atoms with Crippen LogP contribution in [0.2, 0.25) is 10.0 Å². The zero-order valence-electron chi connectivity index (χ0n) is 6.39. The van der Waals surface area contributed by atoms with E-state index in [1.165, 1.54) is 0 Å². The Hall–Kier alpha value is -0.530. The first-order chi connectivity index (χ1) is 5.75. The molecular weight excluding hydrogens is 195 g/mol. The average Bonchev–Trinajstić information content (AvgIpc) is 2.08. The highest BCUT2D eigenvalue weighted by Gasteiger charge is 2.02. The molecule has 0 radical (unpaired) electrons. The average molecular weight is 203 g/mol. The van der Waals surface area contributed by atoms with E-state index in [1.54, 1.807) is 6.07 Å². The van der Waals surface area contributed by atoms with Gasteiger partial charge in [0.2, 0.25) is 0 Å². The molecule has 0 atom stereocenters. The van der Waals surface area contributed by atoms with E-state index in [1.807, 2.05) is 12.1 Å². The van der Waals surface area contributed by atoms with Crippen molar-refractivity contribution in [2.45, 2.75) is 12.8 Å². The number of benzene rings is 1. The summed E-state index contributed by atoms with van der Waals surface area (Å²) in [6.45, 7) is 0. The third kappa shape index (κ3) is 2.23. The summed E-state index contributed by atoms with van der Waals surface area (Å²) in [5.74, 6) is 0. The first-order valence-corrected chi connectivity index (χ1v) is 4.38. The summed E-state index contributed by atoms with van der Waals surface area (Å²) >= 11 is 11.7. The van der Waals surface area contributed by atoms with Gasteiger partial charge in [0, 0.05) is 6.42 Å². The molecule has 0 saturated carbocycles. The number of aldehydes is 1. The van der Waals surface area contributed by atoms with Gasteiger partial charge < -0.3 is 4.79 Å². The van der Waals surface area contributed by atoms with Crippen LogP contribution in [-0.4, -0.2) is 6.29 Å². The van der Waals surface area contributed by atoms with Gasteiger partial charge in [-0.2, -0.15) is 0 Å². The Morgan fingerprint density at radius 3 is 2.75 bits per heavy atom. The van der Waals surface area contributed by atoms with Gasteiger partial charge in [0.05, 0.1) is 10.0 Å². The fourth-order valence-electron chi connectivity index (χ4n) is 0.956. The van der Waals surface area contributed by atoms with Crippen LogP contribution in [0.4, 0.5) is 0 Å². The van der Waals surface area contributed by atoms with Crippen LogP contribution in [0.25, 0.3) is 0 Å². The summed E-state index contributed by atoms with van der Waals surface area (Å²) in [6, 6.07) is 5.43. The Kier molecular flexibility index (Phi) is 3.57. The molecule has 0 bridgehead atoms. The molecule has 1 rings (SSSR count). The second-order valence-corrected chi connectivity index (χ2v) is 3.20. The lowest BCUT2D eigenvalue weighted by Crippen LogP contribution is -1.87. The van der Waals surface area contributed by atoms with Crippen molar-refractivity contribution >= 4 is 29.5 Å². The lowest BCUT2D eigenvalue weighted by atomic mass is 10.1.